The molecule has 0 heterocycles. The van der Waals surface area contributed by atoms with E-state index in [1.807, 2.05) is 33.8 Å². The normalized spacial score (nSPS) is 13.2. The van der Waals surface area contributed by atoms with Crippen LogP contribution in [0.25, 0.3) is 0 Å². The molecule has 7 nitrogen and oxygen atoms in total. The zero-order valence-corrected chi connectivity index (χ0v) is 14.8. The van der Waals surface area contributed by atoms with Crippen LogP contribution in [0.2, 0.25) is 0 Å². The van der Waals surface area contributed by atoms with Crippen molar-refractivity contribution < 1.29 is 28.7 Å². The second-order valence-electron chi connectivity index (χ2n) is 5.82. The number of para-hydroxylation sites is 1. The van der Waals surface area contributed by atoms with E-state index in [-0.39, 0.29) is 11.8 Å². The van der Waals surface area contributed by atoms with Crippen molar-refractivity contribution in [3.8, 4) is 0 Å². The topological polar surface area (TPSA) is 127 Å². The van der Waals surface area contributed by atoms with Crippen LogP contribution >= 0.6 is 15.2 Å². The fraction of sp³-hybridized carbons (Fsp3) is 0.538. The summed E-state index contributed by atoms with van der Waals surface area (Å²) in [6, 6.07) is 5.37. The van der Waals surface area contributed by atoms with Crippen molar-refractivity contribution in [1.82, 2.24) is 0 Å². The van der Waals surface area contributed by atoms with E-state index in [1.165, 1.54) is 0 Å². The lowest BCUT2D eigenvalue weighted by Crippen LogP contribution is -2.22. The highest BCUT2D eigenvalue weighted by atomic mass is 31.2. The minimum absolute atomic E-state index is 0.0235. The van der Waals surface area contributed by atoms with Gasteiger partial charge >= 0.3 is 15.2 Å². The van der Waals surface area contributed by atoms with Crippen molar-refractivity contribution in [1.29, 1.82) is 0 Å². The van der Waals surface area contributed by atoms with Crippen LogP contribution < -0.4 is 5.32 Å². The molecule has 0 radical (unpaired) electrons. The minimum Gasteiger partial charge on any atom is -0.361 e. The number of rotatable bonds is 6. The smallest absolute Gasteiger partial charge is 0.360 e. The van der Waals surface area contributed by atoms with Crippen molar-refractivity contribution in [3.05, 3.63) is 29.3 Å². The van der Waals surface area contributed by atoms with Gasteiger partial charge in [-0.2, -0.15) is 0 Å². The third-order valence-corrected chi connectivity index (χ3v) is 6.62. The number of hydrogen-bond acceptors (Lipinski definition) is 3. The first kappa shape index (κ1) is 19.4. The van der Waals surface area contributed by atoms with Gasteiger partial charge in [0, 0.05) is 5.69 Å². The molecule has 1 rings (SSSR count). The Labute approximate surface area is 130 Å². The zero-order chi connectivity index (χ0) is 17.3. The Morgan fingerprint density at radius 3 is 1.50 bits per heavy atom. The summed E-state index contributed by atoms with van der Waals surface area (Å²) in [6.45, 7) is 7.59. The van der Waals surface area contributed by atoms with Gasteiger partial charge in [0.05, 0.1) is 0 Å². The molecule has 0 amide bonds. The Bertz CT molecular complexity index is 571. The van der Waals surface area contributed by atoms with Crippen molar-refractivity contribution in [3.63, 3.8) is 0 Å². The fourth-order valence-corrected chi connectivity index (χ4v) is 4.37. The van der Waals surface area contributed by atoms with Gasteiger partial charge in [-0.15, -0.1) is 0 Å². The first-order chi connectivity index (χ1) is 9.85. The summed E-state index contributed by atoms with van der Waals surface area (Å²) < 4.78 is 23.0. The predicted octanol–water partition coefficient (Wildman–Crippen LogP) is 2.98. The lowest BCUT2D eigenvalue weighted by atomic mass is 9.93. The lowest BCUT2D eigenvalue weighted by molar-refractivity contribution is 0.343. The average Bonchev–Trinajstić information content (AvgIpc) is 2.32. The van der Waals surface area contributed by atoms with E-state index in [9.17, 15) is 28.7 Å². The highest BCUT2D eigenvalue weighted by Crippen LogP contribution is 2.60. The molecule has 0 saturated carbocycles. The average molecular weight is 351 g/mol. The van der Waals surface area contributed by atoms with E-state index in [2.05, 4.69) is 5.32 Å². The van der Waals surface area contributed by atoms with Crippen LogP contribution in [0, 0.1) is 0 Å². The molecule has 0 spiro atoms. The third kappa shape index (κ3) is 4.66. The highest BCUT2D eigenvalue weighted by Gasteiger charge is 2.44. The Kier molecular flexibility index (Phi) is 6.01. The summed E-state index contributed by atoms with van der Waals surface area (Å²) in [5, 5.41) is 2.43. The Morgan fingerprint density at radius 2 is 1.23 bits per heavy atom. The maximum Gasteiger partial charge on any atom is 0.360 e. The molecule has 9 heteroatoms. The second kappa shape index (κ2) is 6.83. The first-order valence-corrected chi connectivity index (χ1v) is 10.2. The van der Waals surface area contributed by atoms with Crippen LogP contribution in [0.5, 0.6) is 0 Å². The van der Waals surface area contributed by atoms with Gasteiger partial charge in [-0.05, 0) is 23.0 Å². The fourth-order valence-electron chi connectivity index (χ4n) is 2.21. The number of benzene rings is 1. The Hall–Kier alpha value is -0.680. The molecule has 0 aliphatic heterocycles. The number of anilines is 1. The first-order valence-electron chi connectivity index (χ1n) is 6.85. The van der Waals surface area contributed by atoms with Crippen LogP contribution in [0.4, 0.5) is 5.69 Å². The van der Waals surface area contributed by atoms with Crippen LogP contribution in [0.3, 0.4) is 0 Å². The maximum absolute atomic E-state index is 11.5. The van der Waals surface area contributed by atoms with E-state index in [0.717, 1.165) is 11.1 Å². The quantitative estimate of drug-likeness (QED) is 0.499. The molecule has 0 atom stereocenters. The Morgan fingerprint density at radius 1 is 0.864 bits per heavy atom. The molecule has 5 N–H and O–H groups in total. The van der Waals surface area contributed by atoms with Gasteiger partial charge < -0.3 is 24.9 Å². The predicted molar refractivity (Wildman–Crippen MR) is 86.1 cm³/mol. The van der Waals surface area contributed by atoms with Gasteiger partial charge in [0.15, 0.2) is 0 Å². The Balaban J connectivity index is 3.47. The highest BCUT2D eigenvalue weighted by molar-refractivity contribution is 7.71. The van der Waals surface area contributed by atoms with Crippen LogP contribution in [0.15, 0.2) is 18.2 Å². The van der Waals surface area contributed by atoms with Crippen molar-refractivity contribution in [2.75, 3.05) is 5.32 Å². The summed E-state index contributed by atoms with van der Waals surface area (Å²) in [5.74, 6) is 0.0470. The summed E-state index contributed by atoms with van der Waals surface area (Å²) in [4.78, 5) is 37.2. The van der Waals surface area contributed by atoms with E-state index < -0.39 is 20.7 Å². The van der Waals surface area contributed by atoms with Gasteiger partial charge in [-0.1, -0.05) is 45.9 Å². The summed E-state index contributed by atoms with van der Waals surface area (Å²) in [5.41, 5.74) is -0.377. The van der Waals surface area contributed by atoms with E-state index in [1.54, 1.807) is 12.1 Å². The van der Waals surface area contributed by atoms with Crippen molar-refractivity contribution in [2.45, 2.75) is 45.1 Å². The molecule has 0 bridgehead atoms. The molecular weight excluding hydrogens is 328 g/mol. The van der Waals surface area contributed by atoms with Gasteiger partial charge in [0.1, 0.15) is 0 Å². The van der Waals surface area contributed by atoms with Gasteiger partial charge in [0.2, 0.25) is 5.52 Å². The van der Waals surface area contributed by atoms with Gasteiger partial charge in [0.25, 0.3) is 0 Å². The zero-order valence-electron chi connectivity index (χ0n) is 13.0. The monoisotopic (exact) mass is 351 g/mol. The molecule has 0 aromatic heterocycles. The third-order valence-electron chi connectivity index (χ3n) is 3.28. The van der Waals surface area contributed by atoms with Crippen molar-refractivity contribution >= 4 is 20.9 Å². The lowest BCUT2D eigenvalue weighted by Gasteiger charge is -2.27. The molecule has 0 aliphatic rings. The standard InChI is InChI=1S/C13H23NO6P2/c1-8(2)10-6-5-7-11(9(3)4)12(10)14-13(21(15,16)17)22(18,19)20/h5-9,13-14H,1-4H3,(H2,15,16,17)(H2,18,19,20). The second-order valence-corrected chi connectivity index (χ2v) is 9.61. The van der Waals surface area contributed by atoms with Crippen molar-refractivity contribution in [2.24, 2.45) is 0 Å². The van der Waals surface area contributed by atoms with Gasteiger partial charge in [-0.25, -0.2) is 0 Å². The molecule has 1 aromatic rings. The van der Waals surface area contributed by atoms with Crippen LogP contribution in [0.1, 0.15) is 50.7 Å². The van der Waals surface area contributed by atoms with E-state index in [4.69, 9.17) is 0 Å². The summed E-state index contributed by atoms with van der Waals surface area (Å²) >= 11 is 0. The molecule has 0 saturated heterocycles. The number of nitrogens with one attached hydrogen (secondary N) is 1. The van der Waals surface area contributed by atoms with Crippen LogP contribution in [-0.4, -0.2) is 25.1 Å². The molecule has 0 fully saturated rings. The summed E-state index contributed by atoms with van der Waals surface area (Å²) in [7, 11) is -10.1. The minimum atomic E-state index is -5.04. The largest absolute Gasteiger partial charge is 0.361 e. The van der Waals surface area contributed by atoms with E-state index >= 15 is 0 Å². The maximum atomic E-state index is 11.5. The molecular formula is C13H23NO6P2. The molecule has 22 heavy (non-hydrogen) atoms. The molecule has 1 aromatic carbocycles. The number of hydrogen-bond donors (Lipinski definition) is 5. The molecule has 0 aliphatic carbocycles. The SMILES string of the molecule is CC(C)c1cccc(C(C)C)c1NC(P(=O)(O)O)P(=O)(O)O. The molecule has 0 unspecified atom stereocenters. The van der Waals surface area contributed by atoms with E-state index in [0.29, 0.717) is 5.69 Å². The molecule has 126 valence electrons. The van der Waals surface area contributed by atoms with Gasteiger partial charge in [-0.3, -0.25) is 9.13 Å². The van der Waals surface area contributed by atoms with Crippen LogP contribution in [-0.2, 0) is 9.13 Å². The summed E-state index contributed by atoms with van der Waals surface area (Å²) in [6.07, 6.45) is 0.